The highest BCUT2D eigenvalue weighted by Gasteiger charge is 2.05. The number of aromatic nitrogens is 2. The van der Waals surface area contributed by atoms with Gasteiger partial charge in [-0.25, -0.2) is 4.79 Å². The molecule has 0 bridgehead atoms. The summed E-state index contributed by atoms with van der Waals surface area (Å²) in [5, 5.41) is 9.30. The van der Waals surface area contributed by atoms with E-state index in [1.807, 2.05) is 0 Å². The standard InChI is InChI=1S/C9H15N3O2S2/c1-2-3-4-5-6-14-8(13)10-7-11-12-9(15)16-7/h2-6H2,1H3,(H,12,15)(H,10,11,13). The quantitative estimate of drug-likeness (QED) is 0.609. The van der Waals surface area contributed by atoms with Crippen molar-refractivity contribution in [2.45, 2.75) is 32.6 Å². The molecule has 0 fully saturated rings. The van der Waals surface area contributed by atoms with E-state index in [4.69, 9.17) is 17.0 Å². The van der Waals surface area contributed by atoms with Gasteiger partial charge in [0.05, 0.1) is 6.61 Å². The zero-order chi connectivity index (χ0) is 11.8. The fraction of sp³-hybridized carbons (Fsp3) is 0.667. The molecule has 0 saturated heterocycles. The highest BCUT2D eigenvalue weighted by Crippen LogP contribution is 2.10. The molecule has 1 rings (SSSR count). The van der Waals surface area contributed by atoms with E-state index in [1.165, 1.54) is 24.2 Å². The lowest BCUT2D eigenvalue weighted by molar-refractivity contribution is 0.159. The first kappa shape index (κ1) is 13.1. The van der Waals surface area contributed by atoms with E-state index in [9.17, 15) is 4.79 Å². The van der Waals surface area contributed by atoms with Crippen LogP contribution in [0.1, 0.15) is 32.6 Å². The molecule has 0 aliphatic heterocycles. The van der Waals surface area contributed by atoms with Gasteiger partial charge in [-0.1, -0.05) is 37.5 Å². The van der Waals surface area contributed by atoms with Crippen LogP contribution < -0.4 is 5.32 Å². The van der Waals surface area contributed by atoms with Crippen LogP contribution in [0.2, 0.25) is 0 Å². The molecule has 0 radical (unpaired) electrons. The Balaban J connectivity index is 2.14. The maximum absolute atomic E-state index is 11.2. The summed E-state index contributed by atoms with van der Waals surface area (Å²) in [7, 11) is 0. The van der Waals surface area contributed by atoms with Crippen molar-refractivity contribution in [2.75, 3.05) is 11.9 Å². The summed E-state index contributed by atoms with van der Waals surface area (Å²) in [4.78, 5) is 11.2. The number of hydrogen-bond acceptors (Lipinski definition) is 5. The monoisotopic (exact) mass is 261 g/mol. The van der Waals surface area contributed by atoms with Crippen LogP contribution in [0.15, 0.2) is 0 Å². The number of ether oxygens (including phenoxy) is 1. The minimum atomic E-state index is -0.478. The van der Waals surface area contributed by atoms with Crippen molar-refractivity contribution < 1.29 is 9.53 Å². The van der Waals surface area contributed by atoms with Gasteiger partial charge in [0, 0.05) is 0 Å². The number of hydrogen-bond donors (Lipinski definition) is 2. The predicted octanol–water partition coefficient (Wildman–Crippen LogP) is 3.33. The maximum Gasteiger partial charge on any atom is 0.413 e. The van der Waals surface area contributed by atoms with Gasteiger partial charge in [0.25, 0.3) is 0 Å². The van der Waals surface area contributed by atoms with Crippen LogP contribution in [0.4, 0.5) is 9.93 Å². The minimum absolute atomic E-state index is 0.434. The number of carbonyl (C=O) groups is 1. The fourth-order valence-electron chi connectivity index (χ4n) is 1.10. The normalized spacial score (nSPS) is 10.1. The number of rotatable bonds is 6. The molecule has 1 heterocycles. The molecule has 7 heteroatoms. The molecule has 0 aliphatic carbocycles. The van der Waals surface area contributed by atoms with Gasteiger partial charge < -0.3 is 4.74 Å². The smallest absolute Gasteiger partial charge is 0.413 e. The van der Waals surface area contributed by atoms with E-state index >= 15 is 0 Å². The van der Waals surface area contributed by atoms with E-state index in [0.717, 1.165) is 12.8 Å². The van der Waals surface area contributed by atoms with Crippen LogP contribution in [0.25, 0.3) is 0 Å². The Kier molecular flexibility index (Phi) is 6.02. The molecule has 0 aliphatic rings. The summed E-state index contributed by atoms with van der Waals surface area (Å²) in [6.07, 6.45) is 3.85. The van der Waals surface area contributed by atoms with Crippen LogP contribution in [0, 0.1) is 3.95 Å². The van der Waals surface area contributed by atoms with Gasteiger partial charge in [0.1, 0.15) is 0 Å². The molecule has 90 valence electrons. The second kappa shape index (κ2) is 7.34. The number of anilines is 1. The predicted molar refractivity (Wildman–Crippen MR) is 66.4 cm³/mol. The van der Waals surface area contributed by atoms with E-state index in [2.05, 4.69) is 22.4 Å². The van der Waals surface area contributed by atoms with Crippen LogP contribution in [-0.4, -0.2) is 22.9 Å². The summed E-state index contributed by atoms with van der Waals surface area (Å²) in [5.41, 5.74) is 0. The number of nitrogens with zero attached hydrogens (tertiary/aromatic N) is 1. The van der Waals surface area contributed by atoms with E-state index in [-0.39, 0.29) is 0 Å². The van der Waals surface area contributed by atoms with Crippen LogP contribution in [0.3, 0.4) is 0 Å². The molecule has 1 amide bonds. The highest BCUT2D eigenvalue weighted by atomic mass is 32.1. The van der Waals surface area contributed by atoms with Crippen LogP contribution >= 0.6 is 23.6 Å². The summed E-state index contributed by atoms with van der Waals surface area (Å²) in [5.74, 6) is 0. The van der Waals surface area contributed by atoms with Crippen molar-refractivity contribution >= 4 is 34.8 Å². The molecule has 0 atom stereocenters. The van der Waals surface area contributed by atoms with Gasteiger partial charge >= 0.3 is 6.09 Å². The van der Waals surface area contributed by atoms with Gasteiger partial charge in [0.2, 0.25) is 5.13 Å². The third-order valence-corrected chi connectivity index (χ3v) is 2.88. The average molecular weight is 261 g/mol. The zero-order valence-corrected chi connectivity index (χ0v) is 10.7. The van der Waals surface area contributed by atoms with Crippen molar-refractivity contribution in [3.8, 4) is 0 Å². The number of unbranched alkanes of at least 4 members (excludes halogenated alkanes) is 3. The number of aromatic amines is 1. The van der Waals surface area contributed by atoms with Crippen molar-refractivity contribution in [3.05, 3.63) is 3.95 Å². The van der Waals surface area contributed by atoms with Crippen molar-refractivity contribution in [1.82, 2.24) is 10.2 Å². The minimum Gasteiger partial charge on any atom is -0.449 e. The second-order valence-electron chi connectivity index (χ2n) is 3.24. The molecule has 2 N–H and O–H groups in total. The summed E-state index contributed by atoms with van der Waals surface area (Å²) in [6.45, 7) is 2.58. The van der Waals surface area contributed by atoms with Crippen molar-refractivity contribution in [2.24, 2.45) is 0 Å². The molecule has 1 aromatic rings. The largest absolute Gasteiger partial charge is 0.449 e. The van der Waals surface area contributed by atoms with Gasteiger partial charge in [-0.2, -0.15) is 0 Å². The third-order valence-electron chi connectivity index (χ3n) is 1.88. The molecule has 16 heavy (non-hydrogen) atoms. The second-order valence-corrected chi connectivity index (χ2v) is 4.91. The average Bonchev–Trinajstić information content (AvgIpc) is 2.63. The molecular weight excluding hydrogens is 246 g/mol. The highest BCUT2D eigenvalue weighted by molar-refractivity contribution is 7.73. The molecular formula is C9H15N3O2S2. The summed E-state index contributed by atoms with van der Waals surface area (Å²) < 4.78 is 5.50. The Morgan fingerprint density at radius 1 is 1.56 bits per heavy atom. The zero-order valence-electron chi connectivity index (χ0n) is 9.12. The number of carbonyl (C=O) groups excluding carboxylic acids is 1. The third kappa shape index (κ3) is 5.22. The first-order valence-corrected chi connectivity index (χ1v) is 6.44. The first-order valence-electron chi connectivity index (χ1n) is 5.21. The molecule has 5 nitrogen and oxygen atoms in total. The first-order chi connectivity index (χ1) is 7.72. The van der Waals surface area contributed by atoms with Gasteiger partial charge in [-0.15, -0.1) is 5.10 Å². The van der Waals surface area contributed by atoms with Crippen molar-refractivity contribution in [1.29, 1.82) is 0 Å². The Morgan fingerprint density at radius 2 is 2.38 bits per heavy atom. The van der Waals surface area contributed by atoms with E-state index < -0.39 is 6.09 Å². The fourth-order valence-corrected chi connectivity index (χ4v) is 1.88. The Bertz CT molecular complexity index is 375. The summed E-state index contributed by atoms with van der Waals surface area (Å²) >= 11 is 6.03. The van der Waals surface area contributed by atoms with Crippen molar-refractivity contribution in [3.63, 3.8) is 0 Å². The molecule has 0 saturated carbocycles. The molecule has 1 aromatic heterocycles. The molecule has 0 spiro atoms. The lowest BCUT2D eigenvalue weighted by Crippen LogP contribution is -2.14. The Morgan fingerprint density at radius 3 is 3.00 bits per heavy atom. The maximum atomic E-state index is 11.2. The Hall–Kier alpha value is -0.950. The lowest BCUT2D eigenvalue weighted by Gasteiger charge is -2.03. The number of H-pyrrole nitrogens is 1. The molecule has 0 aromatic carbocycles. The number of amides is 1. The number of nitrogens with one attached hydrogen (secondary N) is 2. The SMILES string of the molecule is CCCCCCOC(=O)Nc1n[nH]c(=S)s1. The topological polar surface area (TPSA) is 67.0 Å². The summed E-state index contributed by atoms with van der Waals surface area (Å²) in [6, 6.07) is 0. The van der Waals surface area contributed by atoms with Gasteiger partial charge in [-0.3, -0.25) is 10.4 Å². The van der Waals surface area contributed by atoms with Crippen LogP contribution in [-0.2, 0) is 4.74 Å². The van der Waals surface area contributed by atoms with E-state index in [1.54, 1.807) is 0 Å². The Labute approximate surface area is 103 Å². The van der Waals surface area contributed by atoms with E-state index in [0.29, 0.717) is 15.7 Å². The van der Waals surface area contributed by atoms with Gasteiger partial charge in [0.15, 0.2) is 3.95 Å². The lowest BCUT2D eigenvalue weighted by atomic mass is 10.2. The van der Waals surface area contributed by atoms with Gasteiger partial charge in [-0.05, 0) is 18.6 Å². The molecule has 0 unspecified atom stereocenters. The van der Waals surface area contributed by atoms with Crippen LogP contribution in [0.5, 0.6) is 0 Å².